The molecule has 1 aromatic heterocycles. The summed E-state index contributed by atoms with van der Waals surface area (Å²) in [5.74, 6) is 0.210. The van der Waals surface area contributed by atoms with Gasteiger partial charge in [0.15, 0.2) is 0 Å². The molecule has 118 valence electrons. The van der Waals surface area contributed by atoms with Gasteiger partial charge in [0.25, 0.3) is 0 Å². The Hall–Kier alpha value is -1.07. The maximum atomic E-state index is 6.17. The van der Waals surface area contributed by atoms with Gasteiger partial charge in [-0.05, 0) is 30.2 Å². The van der Waals surface area contributed by atoms with Crippen molar-refractivity contribution in [3.63, 3.8) is 0 Å². The molecule has 0 bridgehead atoms. The van der Waals surface area contributed by atoms with E-state index in [0.29, 0.717) is 16.7 Å². The number of rotatable bonds is 3. The highest BCUT2D eigenvalue weighted by Crippen LogP contribution is 2.30. The fraction of sp³-hybridized carbons (Fsp3) is 0.438. The minimum atomic E-state index is 0.0477. The van der Waals surface area contributed by atoms with Crippen LogP contribution in [0.4, 0.5) is 0 Å². The molecule has 0 radical (unpaired) electrons. The zero-order valence-electron chi connectivity index (χ0n) is 12.4. The highest BCUT2D eigenvalue weighted by molar-refractivity contribution is 6.42. The lowest BCUT2D eigenvalue weighted by atomic mass is 9.93. The van der Waals surface area contributed by atoms with Crippen LogP contribution in [0.3, 0.4) is 0 Å². The molecule has 0 aliphatic carbocycles. The SMILES string of the molecule is Cc1cnn(C[C@H]2OCCNCC2c2ccc(Cl)c(Cl)c2)c1. The molecule has 6 heteroatoms. The zero-order valence-corrected chi connectivity index (χ0v) is 13.9. The molecular weight excluding hydrogens is 321 g/mol. The summed E-state index contributed by atoms with van der Waals surface area (Å²) in [5.41, 5.74) is 2.29. The summed E-state index contributed by atoms with van der Waals surface area (Å²) >= 11 is 12.2. The van der Waals surface area contributed by atoms with Crippen molar-refractivity contribution >= 4 is 23.2 Å². The lowest BCUT2D eigenvalue weighted by molar-refractivity contribution is 0.0374. The molecule has 1 saturated heterocycles. The summed E-state index contributed by atoms with van der Waals surface area (Å²) in [6.45, 7) is 5.16. The molecule has 4 nitrogen and oxygen atoms in total. The number of aromatic nitrogens is 2. The van der Waals surface area contributed by atoms with E-state index in [1.165, 1.54) is 0 Å². The fourth-order valence-corrected chi connectivity index (χ4v) is 3.10. The third kappa shape index (κ3) is 3.63. The number of ether oxygens (including phenoxy) is 1. The number of nitrogens with zero attached hydrogens (tertiary/aromatic N) is 2. The van der Waals surface area contributed by atoms with Gasteiger partial charge in [0.2, 0.25) is 0 Å². The van der Waals surface area contributed by atoms with E-state index >= 15 is 0 Å². The highest BCUT2D eigenvalue weighted by Gasteiger charge is 2.27. The topological polar surface area (TPSA) is 39.1 Å². The summed E-state index contributed by atoms with van der Waals surface area (Å²) in [5, 5.41) is 8.95. The molecule has 2 atom stereocenters. The van der Waals surface area contributed by atoms with E-state index in [-0.39, 0.29) is 12.0 Å². The second-order valence-corrected chi connectivity index (χ2v) is 6.45. The molecular formula is C16H19Cl2N3O. The van der Waals surface area contributed by atoms with Crippen LogP contribution < -0.4 is 5.32 Å². The summed E-state index contributed by atoms with van der Waals surface area (Å²) in [4.78, 5) is 0. The molecule has 1 fully saturated rings. The van der Waals surface area contributed by atoms with Crippen molar-refractivity contribution in [2.24, 2.45) is 0 Å². The second-order valence-electron chi connectivity index (χ2n) is 5.63. The van der Waals surface area contributed by atoms with Gasteiger partial charge >= 0.3 is 0 Å². The van der Waals surface area contributed by atoms with E-state index in [4.69, 9.17) is 27.9 Å². The van der Waals surface area contributed by atoms with Crippen LogP contribution in [0.5, 0.6) is 0 Å². The quantitative estimate of drug-likeness (QED) is 0.932. The summed E-state index contributed by atoms with van der Waals surface area (Å²) in [6, 6.07) is 5.81. The minimum absolute atomic E-state index is 0.0477. The van der Waals surface area contributed by atoms with Crippen molar-refractivity contribution in [3.05, 3.63) is 51.8 Å². The van der Waals surface area contributed by atoms with Crippen LogP contribution >= 0.6 is 23.2 Å². The van der Waals surface area contributed by atoms with Crippen LogP contribution in [0.2, 0.25) is 10.0 Å². The van der Waals surface area contributed by atoms with E-state index in [1.54, 1.807) is 0 Å². The average molecular weight is 340 g/mol. The maximum absolute atomic E-state index is 6.17. The molecule has 2 aromatic rings. The Morgan fingerprint density at radius 1 is 1.36 bits per heavy atom. The Morgan fingerprint density at radius 3 is 2.95 bits per heavy atom. The maximum Gasteiger partial charge on any atom is 0.0852 e. The van der Waals surface area contributed by atoms with E-state index in [2.05, 4.69) is 10.4 Å². The van der Waals surface area contributed by atoms with Crippen molar-refractivity contribution < 1.29 is 4.74 Å². The second kappa shape index (κ2) is 7.01. The smallest absolute Gasteiger partial charge is 0.0852 e. The van der Waals surface area contributed by atoms with Crippen molar-refractivity contribution in [3.8, 4) is 0 Å². The lowest BCUT2D eigenvalue weighted by Crippen LogP contribution is -2.30. The third-order valence-electron chi connectivity index (χ3n) is 3.92. The minimum Gasteiger partial charge on any atom is -0.374 e. The third-order valence-corrected chi connectivity index (χ3v) is 4.66. The largest absolute Gasteiger partial charge is 0.374 e. The lowest BCUT2D eigenvalue weighted by Gasteiger charge is -2.25. The summed E-state index contributed by atoms with van der Waals surface area (Å²) < 4.78 is 7.99. The summed E-state index contributed by atoms with van der Waals surface area (Å²) in [6.07, 6.45) is 3.95. The fourth-order valence-electron chi connectivity index (χ4n) is 2.79. The van der Waals surface area contributed by atoms with Crippen LogP contribution in [0.15, 0.2) is 30.6 Å². The standard InChI is InChI=1S/C16H19Cl2N3O/c1-11-7-20-21(9-11)10-16-13(8-19-4-5-22-16)12-2-3-14(17)15(18)6-12/h2-3,6-7,9,13,16,19H,4-5,8,10H2,1H3/t13?,16-/m1/s1. The molecule has 1 aromatic carbocycles. The van der Waals surface area contributed by atoms with Gasteiger partial charge in [-0.3, -0.25) is 4.68 Å². The number of hydrogen-bond acceptors (Lipinski definition) is 3. The molecule has 22 heavy (non-hydrogen) atoms. The Morgan fingerprint density at radius 2 is 2.23 bits per heavy atom. The van der Waals surface area contributed by atoms with E-state index in [0.717, 1.165) is 30.8 Å². The molecule has 2 heterocycles. The zero-order chi connectivity index (χ0) is 15.5. The van der Waals surface area contributed by atoms with Gasteiger partial charge in [0, 0.05) is 25.2 Å². The number of hydrogen-bond donors (Lipinski definition) is 1. The molecule has 1 unspecified atom stereocenters. The summed E-state index contributed by atoms with van der Waals surface area (Å²) in [7, 11) is 0. The first-order valence-electron chi connectivity index (χ1n) is 7.40. The predicted octanol–water partition coefficient (Wildman–Crippen LogP) is 3.27. The van der Waals surface area contributed by atoms with E-state index in [9.17, 15) is 0 Å². The Kier molecular flexibility index (Phi) is 5.03. The molecule has 3 rings (SSSR count). The number of aryl methyl sites for hydroxylation is 1. The van der Waals surface area contributed by atoms with Crippen molar-refractivity contribution in [2.75, 3.05) is 19.7 Å². The van der Waals surface area contributed by atoms with Gasteiger partial charge in [-0.25, -0.2) is 0 Å². The first-order chi connectivity index (χ1) is 10.6. The van der Waals surface area contributed by atoms with Crippen LogP contribution in [0.1, 0.15) is 17.0 Å². The molecule has 0 spiro atoms. The van der Waals surface area contributed by atoms with Crippen LogP contribution in [0.25, 0.3) is 0 Å². The van der Waals surface area contributed by atoms with Crippen molar-refractivity contribution in [1.82, 2.24) is 15.1 Å². The first-order valence-corrected chi connectivity index (χ1v) is 8.15. The van der Waals surface area contributed by atoms with Crippen LogP contribution in [0, 0.1) is 6.92 Å². The van der Waals surface area contributed by atoms with Gasteiger partial charge in [0.05, 0.1) is 35.5 Å². The van der Waals surface area contributed by atoms with Gasteiger partial charge in [0.1, 0.15) is 0 Å². The van der Waals surface area contributed by atoms with Gasteiger partial charge in [-0.15, -0.1) is 0 Å². The molecule has 1 aliphatic heterocycles. The normalized spacial score (nSPS) is 22.5. The van der Waals surface area contributed by atoms with Gasteiger partial charge in [-0.2, -0.15) is 5.10 Å². The number of benzene rings is 1. The average Bonchev–Trinajstić information content (AvgIpc) is 2.76. The van der Waals surface area contributed by atoms with E-state index < -0.39 is 0 Å². The van der Waals surface area contributed by atoms with E-state index in [1.807, 2.05) is 42.2 Å². The van der Waals surface area contributed by atoms with Crippen LogP contribution in [-0.4, -0.2) is 35.6 Å². The number of halogens is 2. The van der Waals surface area contributed by atoms with Gasteiger partial charge < -0.3 is 10.1 Å². The first kappa shape index (κ1) is 15.8. The number of nitrogens with one attached hydrogen (secondary N) is 1. The van der Waals surface area contributed by atoms with Crippen LogP contribution in [-0.2, 0) is 11.3 Å². The predicted molar refractivity (Wildman–Crippen MR) is 88.8 cm³/mol. The molecule has 1 N–H and O–H groups in total. The molecule has 1 aliphatic rings. The molecule has 0 saturated carbocycles. The van der Waals surface area contributed by atoms with Crippen molar-refractivity contribution in [1.29, 1.82) is 0 Å². The molecule has 0 amide bonds. The van der Waals surface area contributed by atoms with Gasteiger partial charge in [-0.1, -0.05) is 29.3 Å². The Labute approximate surface area is 140 Å². The Balaban J connectivity index is 1.85. The highest BCUT2D eigenvalue weighted by atomic mass is 35.5. The monoisotopic (exact) mass is 339 g/mol. The van der Waals surface area contributed by atoms with Crippen molar-refractivity contribution in [2.45, 2.75) is 25.5 Å². The Bertz CT molecular complexity index is 644.